The first-order valence-electron chi connectivity index (χ1n) is 5.15. The van der Waals surface area contributed by atoms with Gasteiger partial charge in [-0.25, -0.2) is 9.48 Å². The normalized spacial score (nSPS) is 12.9. The van der Waals surface area contributed by atoms with E-state index in [0.717, 1.165) is 9.08 Å². The Morgan fingerprint density at radius 3 is 2.35 bits per heavy atom. The molecule has 96 valence electrons. The largest absolute Gasteiger partial charge is 0.464 e. The molecular formula is C10H13Br3N2O2. The Balaban J connectivity index is 3.14. The molecule has 1 aromatic heterocycles. The third kappa shape index (κ3) is 3.32. The molecule has 4 nitrogen and oxygen atoms in total. The summed E-state index contributed by atoms with van der Waals surface area (Å²) in [6, 6.07) is -0.438. The van der Waals surface area contributed by atoms with Crippen molar-refractivity contribution in [3.8, 4) is 0 Å². The van der Waals surface area contributed by atoms with E-state index in [-0.39, 0.29) is 11.9 Å². The monoisotopic (exact) mass is 430 g/mol. The molecule has 17 heavy (non-hydrogen) atoms. The van der Waals surface area contributed by atoms with Crippen LogP contribution in [-0.2, 0) is 9.53 Å². The second-order valence-electron chi connectivity index (χ2n) is 3.78. The molecule has 0 bridgehead atoms. The van der Waals surface area contributed by atoms with Gasteiger partial charge in [-0.2, -0.15) is 5.10 Å². The summed E-state index contributed by atoms with van der Waals surface area (Å²) in [5, 5.41) is 4.27. The van der Waals surface area contributed by atoms with Crippen molar-refractivity contribution in [2.24, 2.45) is 5.92 Å². The molecule has 0 aliphatic rings. The minimum Gasteiger partial charge on any atom is -0.464 e. The fraction of sp³-hybridized carbons (Fsp3) is 0.600. The Morgan fingerprint density at radius 2 is 2.00 bits per heavy atom. The summed E-state index contributed by atoms with van der Waals surface area (Å²) in [6.07, 6.45) is 0. The zero-order valence-corrected chi connectivity index (χ0v) is 14.5. The standard InChI is InChI=1S/C10H13Br3N2O2/c1-4-17-10(16)7(5(2)3)15-9(13)6(11)8(12)14-15/h5,7H,4H2,1-3H3. The van der Waals surface area contributed by atoms with Crippen LogP contribution in [0.5, 0.6) is 0 Å². The van der Waals surface area contributed by atoms with E-state index in [0.29, 0.717) is 11.2 Å². The van der Waals surface area contributed by atoms with Gasteiger partial charge in [0.25, 0.3) is 0 Å². The SMILES string of the molecule is CCOC(=O)C(C(C)C)n1nc(Br)c(Br)c1Br. The van der Waals surface area contributed by atoms with Gasteiger partial charge < -0.3 is 4.74 Å². The Bertz CT molecular complexity index is 418. The molecule has 1 aromatic rings. The molecule has 0 aromatic carbocycles. The van der Waals surface area contributed by atoms with Crippen LogP contribution in [0.15, 0.2) is 13.7 Å². The molecule has 0 fully saturated rings. The summed E-state index contributed by atoms with van der Waals surface area (Å²) < 4.78 is 8.85. The average Bonchev–Trinajstić information content (AvgIpc) is 2.47. The maximum Gasteiger partial charge on any atom is 0.331 e. The molecule has 1 atom stereocenters. The van der Waals surface area contributed by atoms with E-state index >= 15 is 0 Å². The number of carbonyl (C=O) groups excluding carboxylic acids is 1. The Labute approximate surface area is 125 Å². The van der Waals surface area contributed by atoms with Crippen LogP contribution in [0, 0.1) is 5.92 Å². The van der Waals surface area contributed by atoms with E-state index in [1.54, 1.807) is 11.6 Å². The average molecular weight is 433 g/mol. The Morgan fingerprint density at radius 1 is 1.41 bits per heavy atom. The summed E-state index contributed by atoms with van der Waals surface area (Å²) in [5.74, 6) is -0.185. The van der Waals surface area contributed by atoms with Crippen LogP contribution < -0.4 is 0 Å². The fourth-order valence-corrected chi connectivity index (χ4v) is 2.81. The maximum atomic E-state index is 11.9. The third-order valence-corrected chi connectivity index (χ3v) is 5.31. The summed E-state index contributed by atoms with van der Waals surface area (Å²) >= 11 is 10.1. The first-order chi connectivity index (χ1) is 7.90. The van der Waals surface area contributed by atoms with Crippen molar-refractivity contribution in [1.29, 1.82) is 0 Å². The lowest BCUT2D eigenvalue weighted by Crippen LogP contribution is -2.27. The van der Waals surface area contributed by atoms with Gasteiger partial charge in [0.05, 0.1) is 11.1 Å². The predicted molar refractivity (Wildman–Crippen MR) is 75.8 cm³/mol. The molecule has 0 aliphatic carbocycles. The number of nitrogens with zero attached hydrogens (tertiary/aromatic N) is 2. The molecule has 0 radical (unpaired) electrons. The summed E-state index contributed by atoms with van der Waals surface area (Å²) in [7, 11) is 0. The van der Waals surface area contributed by atoms with Crippen molar-refractivity contribution in [3.05, 3.63) is 13.7 Å². The van der Waals surface area contributed by atoms with Crippen LogP contribution in [-0.4, -0.2) is 22.4 Å². The van der Waals surface area contributed by atoms with Gasteiger partial charge >= 0.3 is 5.97 Å². The van der Waals surface area contributed by atoms with Crippen LogP contribution in [0.3, 0.4) is 0 Å². The molecule has 1 unspecified atom stereocenters. The van der Waals surface area contributed by atoms with Crippen molar-refractivity contribution < 1.29 is 9.53 Å². The second kappa shape index (κ2) is 6.33. The highest BCUT2D eigenvalue weighted by molar-refractivity contribution is 9.14. The minimum atomic E-state index is -0.438. The van der Waals surface area contributed by atoms with Gasteiger partial charge in [-0.15, -0.1) is 0 Å². The number of hydrogen-bond acceptors (Lipinski definition) is 3. The van der Waals surface area contributed by atoms with E-state index in [9.17, 15) is 4.79 Å². The lowest BCUT2D eigenvalue weighted by atomic mass is 10.1. The lowest BCUT2D eigenvalue weighted by molar-refractivity contribution is -0.149. The highest BCUT2D eigenvalue weighted by atomic mass is 79.9. The van der Waals surface area contributed by atoms with Gasteiger partial charge in [-0.1, -0.05) is 13.8 Å². The molecule has 0 saturated heterocycles. The van der Waals surface area contributed by atoms with Crippen molar-refractivity contribution in [1.82, 2.24) is 9.78 Å². The lowest BCUT2D eigenvalue weighted by Gasteiger charge is -2.20. The molecule has 0 saturated carbocycles. The van der Waals surface area contributed by atoms with Crippen molar-refractivity contribution in [2.75, 3.05) is 6.61 Å². The molecule has 0 N–H and O–H groups in total. The van der Waals surface area contributed by atoms with Gasteiger partial charge in [-0.05, 0) is 60.6 Å². The number of hydrogen-bond donors (Lipinski definition) is 0. The minimum absolute atomic E-state index is 0.0871. The number of rotatable bonds is 4. The smallest absolute Gasteiger partial charge is 0.331 e. The first kappa shape index (κ1) is 15.2. The molecular weight excluding hydrogens is 420 g/mol. The summed E-state index contributed by atoms with van der Waals surface area (Å²) in [5.41, 5.74) is 0. The van der Waals surface area contributed by atoms with Gasteiger partial charge in [-0.3, -0.25) is 0 Å². The summed E-state index contributed by atoms with van der Waals surface area (Å²) in [6.45, 7) is 6.07. The van der Waals surface area contributed by atoms with Crippen LogP contribution >= 0.6 is 47.8 Å². The van der Waals surface area contributed by atoms with Crippen molar-refractivity contribution in [2.45, 2.75) is 26.8 Å². The van der Waals surface area contributed by atoms with Gasteiger partial charge in [0.1, 0.15) is 9.21 Å². The topological polar surface area (TPSA) is 44.1 Å². The van der Waals surface area contributed by atoms with E-state index in [1.807, 2.05) is 13.8 Å². The van der Waals surface area contributed by atoms with Gasteiger partial charge in [0, 0.05) is 0 Å². The van der Waals surface area contributed by atoms with Crippen LogP contribution in [0.4, 0.5) is 0 Å². The molecule has 1 rings (SSSR count). The highest BCUT2D eigenvalue weighted by Gasteiger charge is 2.29. The fourth-order valence-electron chi connectivity index (χ4n) is 1.43. The van der Waals surface area contributed by atoms with Gasteiger partial charge in [0.2, 0.25) is 0 Å². The predicted octanol–water partition coefficient (Wildman–Crippen LogP) is 3.93. The zero-order chi connectivity index (χ0) is 13.2. The van der Waals surface area contributed by atoms with Crippen LogP contribution in [0.2, 0.25) is 0 Å². The number of halogens is 3. The number of esters is 1. The van der Waals surface area contributed by atoms with E-state index in [2.05, 4.69) is 52.9 Å². The quantitative estimate of drug-likeness (QED) is 0.677. The Kier molecular flexibility index (Phi) is 5.66. The highest BCUT2D eigenvalue weighted by Crippen LogP contribution is 2.34. The molecule has 1 heterocycles. The van der Waals surface area contributed by atoms with Crippen LogP contribution in [0.25, 0.3) is 0 Å². The first-order valence-corrected chi connectivity index (χ1v) is 7.53. The molecule has 0 amide bonds. The third-order valence-electron chi connectivity index (χ3n) is 2.18. The molecule has 0 spiro atoms. The van der Waals surface area contributed by atoms with Gasteiger partial charge in [0.15, 0.2) is 6.04 Å². The zero-order valence-electron chi connectivity index (χ0n) is 9.71. The van der Waals surface area contributed by atoms with Crippen molar-refractivity contribution >= 4 is 53.8 Å². The van der Waals surface area contributed by atoms with E-state index < -0.39 is 6.04 Å². The van der Waals surface area contributed by atoms with Crippen LogP contribution in [0.1, 0.15) is 26.8 Å². The van der Waals surface area contributed by atoms with Crippen molar-refractivity contribution in [3.63, 3.8) is 0 Å². The number of aromatic nitrogens is 2. The number of carbonyl (C=O) groups is 1. The van der Waals surface area contributed by atoms with E-state index in [1.165, 1.54) is 0 Å². The maximum absolute atomic E-state index is 11.9. The second-order valence-corrected chi connectivity index (χ2v) is 6.08. The van der Waals surface area contributed by atoms with E-state index in [4.69, 9.17) is 4.74 Å². The molecule has 7 heteroatoms. The Hall–Kier alpha value is 0.120. The number of ether oxygens (including phenoxy) is 1. The summed E-state index contributed by atoms with van der Waals surface area (Å²) in [4.78, 5) is 11.9. The molecule has 0 aliphatic heterocycles.